The molecule has 0 atom stereocenters. The predicted octanol–water partition coefficient (Wildman–Crippen LogP) is 1.89. The Morgan fingerprint density at radius 2 is 2.44 bits per heavy atom. The normalized spacial score (nSPS) is 15.6. The molecule has 0 aliphatic heterocycles. The first-order valence-corrected chi connectivity index (χ1v) is 6.40. The van der Waals surface area contributed by atoms with Crippen molar-refractivity contribution in [1.29, 1.82) is 0 Å². The van der Waals surface area contributed by atoms with Gasteiger partial charge in [-0.15, -0.1) is 11.3 Å². The van der Waals surface area contributed by atoms with Crippen LogP contribution in [0.25, 0.3) is 0 Å². The minimum Gasteiger partial charge on any atom is -0.481 e. The summed E-state index contributed by atoms with van der Waals surface area (Å²) < 4.78 is 0. The van der Waals surface area contributed by atoms with E-state index in [0.29, 0.717) is 12.6 Å². The molecule has 5 heteroatoms. The summed E-state index contributed by atoms with van der Waals surface area (Å²) in [6.45, 7) is 3.42. The van der Waals surface area contributed by atoms with Crippen LogP contribution in [0.1, 0.15) is 30.0 Å². The van der Waals surface area contributed by atoms with E-state index in [2.05, 4.69) is 9.88 Å². The number of carboxylic acid groups (broad SMARTS) is 1. The van der Waals surface area contributed by atoms with Crippen molar-refractivity contribution >= 4 is 17.3 Å². The van der Waals surface area contributed by atoms with E-state index >= 15 is 0 Å². The monoisotopic (exact) mass is 240 g/mol. The fourth-order valence-electron chi connectivity index (χ4n) is 1.72. The summed E-state index contributed by atoms with van der Waals surface area (Å²) in [6, 6.07) is 0.587. The molecule has 0 aromatic carbocycles. The zero-order valence-corrected chi connectivity index (χ0v) is 10.2. The van der Waals surface area contributed by atoms with Gasteiger partial charge in [-0.2, -0.15) is 0 Å². The number of thiazole rings is 1. The topological polar surface area (TPSA) is 53.4 Å². The second kappa shape index (κ2) is 4.93. The lowest BCUT2D eigenvalue weighted by Crippen LogP contribution is -2.28. The standard InChI is InChI=1S/C11H16N2O2S/c1-8-7-16-10(12-8)6-13(9-2-3-9)5-4-11(14)15/h7,9H,2-6H2,1H3,(H,14,15). The number of aromatic nitrogens is 1. The lowest BCUT2D eigenvalue weighted by Gasteiger charge is -2.19. The minimum atomic E-state index is -0.721. The molecule has 4 nitrogen and oxygen atoms in total. The molecule has 1 aliphatic rings. The van der Waals surface area contributed by atoms with E-state index in [1.165, 1.54) is 12.8 Å². The highest BCUT2D eigenvalue weighted by Gasteiger charge is 2.29. The summed E-state index contributed by atoms with van der Waals surface area (Å²) in [5, 5.41) is 11.8. The molecule has 0 bridgehead atoms. The average molecular weight is 240 g/mol. The lowest BCUT2D eigenvalue weighted by molar-refractivity contribution is -0.137. The summed E-state index contributed by atoms with van der Waals surface area (Å²) >= 11 is 1.66. The van der Waals surface area contributed by atoms with Gasteiger partial charge in [-0.05, 0) is 19.8 Å². The average Bonchev–Trinajstić information content (AvgIpc) is 2.98. The molecule has 0 amide bonds. The smallest absolute Gasteiger partial charge is 0.304 e. The van der Waals surface area contributed by atoms with Gasteiger partial charge >= 0.3 is 5.97 Å². The number of hydrogen-bond acceptors (Lipinski definition) is 4. The first kappa shape index (κ1) is 11.5. The van der Waals surface area contributed by atoms with Crippen LogP contribution in [-0.4, -0.2) is 33.5 Å². The van der Waals surface area contributed by atoms with Gasteiger partial charge in [-0.3, -0.25) is 9.69 Å². The zero-order valence-electron chi connectivity index (χ0n) is 9.35. The summed E-state index contributed by atoms with van der Waals surface area (Å²) in [4.78, 5) is 17.2. The summed E-state index contributed by atoms with van der Waals surface area (Å²) in [6.07, 6.45) is 2.62. The first-order valence-electron chi connectivity index (χ1n) is 5.52. The van der Waals surface area contributed by atoms with Crippen LogP contribution in [0.15, 0.2) is 5.38 Å². The quantitative estimate of drug-likeness (QED) is 0.825. The highest BCUT2D eigenvalue weighted by Crippen LogP contribution is 2.28. The molecular formula is C11H16N2O2S. The summed E-state index contributed by atoms with van der Waals surface area (Å²) in [5.41, 5.74) is 1.05. The van der Waals surface area contributed by atoms with Crippen molar-refractivity contribution in [2.75, 3.05) is 6.54 Å². The van der Waals surface area contributed by atoms with Crippen LogP contribution >= 0.6 is 11.3 Å². The van der Waals surface area contributed by atoms with Gasteiger partial charge in [0.25, 0.3) is 0 Å². The fraction of sp³-hybridized carbons (Fsp3) is 0.636. The highest BCUT2D eigenvalue weighted by atomic mass is 32.1. The molecule has 1 aromatic rings. The van der Waals surface area contributed by atoms with Crippen LogP contribution in [0, 0.1) is 6.92 Å². The predicted molar refractivity (Wildman–Crippen MR) is 62.5 cm³/mol. The van der Waals surface area contributed by atoms with Crippen molar-refractivity contribution in [1.82, 2.24) is 9.88 Å². The molecule has 1 N–H and O–H groups in total. The number of carboxylic acids is 1. The molecule has 16 heavy (non-hydrogen) atoms. The van der Waals surface area contributed by atoms with Gasteiger partial charge in [-0.25, -0.2) is 4.98 Å². The van der Waals surface area contributed by atoms with Crippen LogP contribution in [0.3, 0.4) is 0 Å². The molecule has 0 saturated heterocycles. The van der Waals surface area contributed by atoms with Gasteiger partial charge in [0.2, 0.25) is 0 Å². The maximum absolute atomic E-state index is 10.6. The van der Waals surface area contributed by atoms with E-state index in [-0.39, 0.29) is 6.42 Å². The van der Waals surface area contributed by atoms with E-state index in [1.54, 1.807) is 11.3 Å². The second-order valence-electron chi connectivity index (χ2n) is 4.23. The van der Waals surface area contributed by atoms with Crippen LogP contribution in [0.2, 0.25) is 0 Å². The third kappa shape index (κ3) is 3.28. The van der Waals surface area contributed by atoms with E-state index in [1.807, 2.05) is 12.3 Å². The van der Waals surface area contributed by atoms with E-state index < -0.39 is 5.97 Å². The Balaban J connectivity index is 1.89. The third-order valence-corrected chi connectivity index (χ3v) is 3.63. The van der Waals surface area contributed by atoms with Crippen LogP contribution in [0.5, 0.6) is 0 Å². The Morgan fingerprint density at radius 1 is 1.69 bits per heavy atom. The highest BCUT2D eigenvalue weighted by molar-refractivity contribution is 7.09. The molecule has 1 aliphatic carbocycles. The molecule has 1 saturated carbocycles. The molecule has 0 unspecified atom stereocenters. The Kier molecular flexibility index (Phi) is 3.56. The maximum atomic E-state index is 10.6. The first-order chi connectivity index (χ1) is 7.65. The van der Waals surface area contributed by atoms with Crippen LogP contribution < -0.4 is 0 Å². The second-order valence-corrected chi connectivity index (χ2v) is 5.17. The van der Waals surface area contributed by atoms with Crippen LogP contribution in [0.4, 0.5) is 0 Å². The maximum Gasteiger partial charge on any atom is 0.304 e. The Morgan fingerprint density at radius 3 is 2.94 bits per heavy atom. The summed E-state index contributed by atoms with van der Waals surface area (Å²) in [5.74, 6) is -0.721. The van der Waals surface area contributed by atoms with Crippen molar-refractivity contribution in [3.8, 4) is 0 Å². The number of hydrogen-bond donors (Lipinski definition) is 1. The van der Waals surface area contributed by atoms with Crippen LogP contribution in [-0.2, 0) is 11.3 Å². The molecule has 0 radical (unpaired) electrons. The minimum absolute atomic E-state index is 0.223. The fourth-order valence-corrected chi connectivity index (χ4v) is 2.52. The molecule has 0 spiro atoms. The van der Waals surface area contributed by atoms with Crippen molar-refractivity contribution in [2.45, 2.75) is 38.8 Å². The summed E-state index contributed by atoms with van der Waals surface area (Å²) in [7, 11) is 0. The van der Waals surface area contributed by atoms with Crippen molar-refractivity contribution in [2.24, 2.45) is 0 Å². The molecule has 2 rings (SSSR count). The van der Waals surface area contributed by atoms with Gasteiger partial charge in [0.15, 0.2) is 0 Å². The molecular weight excluding hydrogens is 224 g/mol. The Labute approximate surface area is 98.9 Å². The molecule has 1 fully saturated rings. The zero-order chi connectivity index (χ0) is 11.5. The number of carbonyl (C=O) groups is 1. The van der Waals surface area contributed by atoms with Gasteiger partial charge in [0.05, 0.1) is 13.0 Å². The van der Waals surface area contributed by atoms with Crippen molar-refractivity contribution < 1.29 is 9.90 Å². The molecule has 1 aromatic heterocycles. The molecule has 1 heterocycles. The third-order valence-electron chi connectivity index (χ3n) is 2.68. The SMILES string of the molecule is Cc1csc(CN(CCC(=O)O)C2CC2)n1. The van der Waals surface area contributed by atoms with Gasteiger partial charge in [0, 0.05) is 23.7 Å². The van der Waals surface area contributed by atoms with E-state index in [0.717, 1.165) is 17.2 Å². The number of nitrogens with zero attached hydrogens (tertiary/aromatic N) is 2. The van der Waals surface area contributed by atoms with Crippen molar-refractivity contribution in [3.05, 3.63) is 16.1 Å². The van der Waals surface area contributed by atoms with Gasteiger partial charge < -0.3 is 5.11 Å². The number of aliphatic carboxylic acids is 1. The van der Waals surface area contributed by atoms with Gasteiger partial charge in [0.1, 0.15) is 5.01 Å². The van der Waals surface area contributed by atoms with Gasteiger partial charge in [-0.1, -0.05) is 0 Å². The van der Waals surface area contributed by atoms with Crippen molar-refractivity contribution in [3.63, 3.8) is 0 Å². The molecule has 88 valence electrons. The Bertz CT molecular complexity index is 374. The van der Waals surface area contributed by atoms with E-state index in [4.69, 9.17) is 5.11 Å². The van der Waals surface area contributed by atoms with E-state index in [9.17, 15) is 4.79 Å². The lowest BCUT2D eigenvalue weighted by atomic mass is 10.3. The number of rotatable bonds is 6. The number of aryl methyl sites for hydroxylation is 1. The Hall–Kier alpha value is -0.940. The largest absolute Gasteiger partial charge is 0.481 e.